The number of aryl methyl sites for hydroxylation is 1. The third-order valence-electron chi connectivity index (χ3n) is 2.92. The molecule has 1 unspecified atom stereocenters. The number of anilines is 1. The fourth-order valence-electron chi connectivity index (χ4n) is 2.08. The van der Waals surface area contributed by atoms with Crippen LogP contribution in [-0.4, -0.2) is 10.1 Å². The molecule has 1 atom stereocenters. The molecule has 2 rings (SSSR count). The van der Waals surface area contributed by atoms with E-state index in [1.807, 2.05) is 0 Å². The van der Waals surface area contributed by atoms with E-state index >= 15 is 0 Å². The number of aliphatic hydroxyl groups is 1. The van der Waals surface area contributed by atoms with Gasteiger partial charge >= 0.3 is 0 Å². The van der Waals surface area contributed by atoms with Crippen molar-refractivity contribution in [1.29, 1.82) is 0 Å². The standard InChI is InChI=1S/C14H14F2N2O/c1-8-2-3-18-14(17)13(8)12(19)6-9-4-10(15)7-11(16)5-9/h2-5,7,12,19H,6H2,1H3,(H2,17,18). The summed E-state index contributed by atoms with van der Waals surface area (Å²) >= 11 is 0. The zero-order valence-corrected chi connectivity index (χ0v) is 10.4. The summed E-state index contributed by atoms with van der Waals surface area (Å²) in [5, 5.41) is 10.2. The molecule has 3 nitrogen and oxygen atoms in total. The highest BCUT2D eigenvalue weighted by molar-refractivity contribution is 5.45. The van der Waals surface area contributed by atoms with Gasteiger partial charge in [-0.1, -0.05) is 0 Å². The average molecular weight is 264 g/mol. The van der Waals surface area contributed by atoms with Crippen molar-refractivity contribution in [2.45, 2.75) is 19.4 Å². The SMILES string of the molecule is Cc1ccnc(N)c1C(O)Cc1cc(F)cc(F)c1. The average Bonchev–Trinajstić information content (AvgIpc) is 2.26. The van der Waals surface area contributed by atoms with E-state index in [1.165, 1.54) is 12.1 Å². The Hall–Kier alpha value is -2.01. The van der Waals surface area contributed by atoms with Gasteiger partial charge in [0.2, 0.25) is 0 Å². The van der Waals surface area contributed by atoms with Crippen LogP contribution in [0.25, 0.3) is 0 Å². The highest BCUT2D eigenvalue weighted by Crippen LogP contribution is 2.25. The van der Waals surface area contributed by atoms with Crippen LogP contribution >= 0.6 is 0 Å². The number of hydrogen-bond acceptors (Lipinski definition) is 3. The Morgan fingerprint density at radius 1 is 1.26 bits per heavy atom. The van der Waals surface area contributed by atoms with Crippen molar-refractivity contribution in [2.75, 3.05) is 5.73 Å². The predicted octanol–water partition coefficient (Wildman–Crippen LogP) is 2.53. The van der Waals surface area contributed by atoms with Gasteiger partial charge in [0.25, 0.3) is 0 Å². The number of nitrogen functional groups attached to an aromatic ring is 1. The second-order valence-corrected chi connectivity index (χ2v) is 4.42. The Balaban J connectivity index is 2.28. The van der Waals surface area contributed by atoms with Gasteiger partial charge < -0.3 is 10.8 Å². The van der Waals surface area contributed by atoms with E-state index in [0.29, 0.717) is 11.1 Å². The van der Waals surface area contributed by atoms with E-state index in [2.05, 4.69) is 4.98 Å². The first-order valence-electron chi connectivity index (χ1n) is 5.81. The molecule has 0 saturated heterocycles. The molecule has 0 amide bonds. The van der Waals surface area contributed by atoms with Crippen LogP contribution in [0.4, 0.5) is 14.6 Å². The molecular formula is C14H14F2N2O. The number of aromatic nitrogens is 1. The van der Waals surface area contributed by atoms with Crippen molar-refractivity contribution in [2.24, 2.45) is 0 Å². The maximum atomic E-state index is 13.1. The first-order chi connectivity index (χ1) is 8.97. The molecule has 1 aromatic heterocycles. The third-order valence-corrected chi connectivity index (χ3v) is 2.92. The molecule has 0 fully saturated rings. The molecule has 0 aliphatic rings. The molecule has 0 radical (unpaired) electrons. The van der Waals surface area contributed by atoms with Crippen LogP contribution in [0.3, 0.4) is 0 Å². The van der Waals surface area contributed by atoms with E-state index in [0.717, 1.165) is 11.6 Å². The van der Waals surface area contributed by atoms with E-state index in [4.69, 9.17) is 5.73 Å². The summed E-state index contributed by atoms with van der Waals surface area (Å²) < 4.78 is 26.2. The molecule has 0 spiro atoms. The summed E-state index contributed by atoms with van der Waals surface area (Å²) in [6, 6.07) is 4.89. The number of benzene rings is 1. The molecule has 2 aromatic rings. The second-order valence-electron chi connectivity index (χ2n) is 4.42. The first kappa shape index (κ1) is 13.4. The number of aliphatic hydroxyl groups excluding tert-OH is 1. The van der Waals surface area contributed by atoms with Crippen LogP contribution in [0.15, 0.2) is 30.5 Å². The van der Waals surface area contributed by atoms with Gasteiger partial charge in [-0.2, -0.15) is 0 Å². The van der Waals surface area contributed by atoms with Crippen molar-refractivity contribution in [1.82, 2.24) is 4.98 Å². The third kappa shape index (κ3) is 3.06. The topological polar surface area (TPSA) is 59.1 Å². The largest absolute Gasteiger partial charge is 0.388 e. The van der Waals surface area contributed by atoms with Gasteiger partial charge in [0, 0.05) is 24.2 Å². The molecule has 0 bridgehead atoms. The molecule has 1 heterocycles. The van der Waals surface area contributed by atoms with Crippen molar-refractivity contribution in [3.05, 3.63) is 58.8 Å². The first-order valence-corrected chi connectivity index (χ1v) is 5.81. The van der Waals surface area contributed by atoms with Gasteiger partial charge in [0.15, 0.2) is 0 Å². The summed E-state index contributed by atoms with van der Waals surface area (Å²) in [4.78, 5) is 3.91. The lowest BCUT2D eigenvalue weighted by Gasteiger charge is -2.15. The number of halogens is 2. The van der Waals surface area contributed by atoms with Gasteiger partial charge in [0.1, 0.15) is 17.5 Å². The fraction of sp³-hybridized carbons (Fsp3) is 0.214. The summed E-state index contributed by atoms with van der Waals surface area (Å²) in [6.45, 7) is 1.79. The molecule has 0 saturated carbocycles. The Bertz CT molecular complexity index is 561. The van der Waals surface area contributed by atoms with Crippen LogP contribution in [-0.2, 0) is 6.42 Å². The Morgan fingerprint density at radius 2 is 1.89 bits per heavy atom. The molecule has 1 aromatic carbocycles. The zero-order valence-electron chi connectivity index (χ0n) is 10.4. The van der Waals surface area contributed by atoms with Crippen LogP contribution in [0.2, 0.25) is 0 Å². The van der Waals surface area contributed by atoms with Gasteiger partial charge in [-0.3, -0.25) is 0 Å². The maximum Gasteiger partial charge on any atom is 0.129 e. The van der Waals surface area contributed by atoms with Crippen molar-refractivity contribution in [3.8, 4) is 0 Å². The van der Waals surface area contributed by atoms with Crippen LogP contribution in [0, 0.1) is 18.6 Å². The highest BCUT2D eigenvalue weighted by atomic mass is 19.1. The minimum Gasteiger partial charge on any atom is -0.388 e. The number of nitrogens with zero attached hydrogens (tertiary/aromatic N) is 1. The van der Waals surface area contributed by atoms with Crippen LogP contribution in [0.5, 0.6) is 0 Å². The number of hydrogen-bond donors (Lipinski definition) is 2. The fourth-order valence-corrected chi connectivity index (χ4v) is 2.08. The second kappa shape index (κ2) is 5.32. The molecule has 19 heavy (non-hydrogen) atoms. The summed E-state index contributed by atoms with van der Waals surface area (Å²) in [6.07, 6.45) is 0.670. The summed E-state index contributed by atoms with van der Waals surface area (Å²) in [5.74, 6) is -1.11. The van der Waals surface area contributed by atoms with Gasteiger partial charge in [-0.05, 0) is 36.2 Å². The van der Waals surface area contributed by atoms with Gasteiger partial charge in [-0.15, -0.1) is 0 Å². The molecule has 100 valence electrons. The van der Waals surface area contributed by atoms with Crippen LogP contribution < -0.4 is 5.73 Å². The highest BCUT2D eigenvalue weighted by Gasteiger charge is 2.16. The Labute approximate surface area is 109 Å². The monoisotopic (exact) mass is 264 g/mol. The lowest BCUT2D eigenvalue weighted by molar-refractivity contribution is 0.178. The number of rotatable bonds is 3. The molecule has 3 N–H and O–H groups in total. The van der Waals surface area contributed by atoms with Crippen LogP contribution in [0.1, 0.15) is 22.8 Å². The smallest absolute Gasteiger partial charge is 0.129 e. The normalized spacial score (nSPS) is 12.4. The van der Waals surface area contributed by atoms with Crippen molar-refractivity contribution >= 4 is 5.82 Å². The molecule has 0 aliphatic heterocycles. The van der Waals surface area contributed by atoms with E-state index in [-0.39, 0.29) is 12.2 Å². The summed E-state index contributed by atoms with van der Waals surface area (Å²) in [7, 11) is 0. The minimum atomic E-state index is -0.949. The van der Waals surface area contributed by atoms with E-state index in [9.17, 15) is 13.9 Å². The van der Waals surface area contributed by atoms with Gasteiger partial charge in [-0.25, -0.2) is 13.8 Å². The summed E-state index contributed by atoms with van der Waals surface area (Å²) in [5.41, 5.74) is 7.37. The number of nitrogens with two attached hydrogens (primary N) is 1. The van der Waals surface area contributed by atoms with E-state index < -0.39 is 17.7 Å². The van der Waals surface area contributed by atoms with Crippen molar-refractivity contribution in [3.63, 3.8) is 0 Å². The Kier molecular flexibility index (Phi) is 3.76. The van der Waals surface area contributed by atoms with E-state index in [1.54, 1.807) is 19.2 Å². The number of pyridine rings is 1. The minimum absolute atomic E-state index is 0.0748. The zero-order chi connectivity index (χ0) is 14.0. The van der Waals surface area contributed by atoms with Crippen molar-refractivity contribution < 1.29 is 13.9 Å². The lowest BCUT2D eigenvalue weighted by atomic mass is 9.98. The molecular weight excluding hydrogens is 250 g/mol. The molecule has 5 heteroatoms. The van der Waals surface area contributed by atoms with Gasteiger partial charge in [0.05, 0.1) is 6.10 Å². The quantitative estimate of drug-likeness (QED) is 0.895. The maximum absolute atomic E-state index is 13.1. The lowest BCUT2D eigenvalue weighted by Crippen LogP contribution is -2.09. The Morgan fingerprint density at radius 3 is 2.47 bits per heavy atom. The molecule has 0 aliphatic carbocycles. The predicted molar refractivity (Wildman–Crippen MR) is 68.4 cm³/mol.